The maximum absolute atomic E-state index is 11.6. The summed E-state index contributed by atoms with van der Waals surface area (Å²) in [7, 11) is 1.34. The van der Waals surface area contributed by atoms with E-state index in [0.29, 0.717) is 16.7 Å². The molecular weight excluding hydrogens is 312 g/mol. The van der Waals surface area contributed by atoms with Crippen LogP contribution in [0.3, 0.4) is 0 Å². The van der Waals surface area contributed by atoms with Gasteiger partial charge in [-0.25, -0.2) is 4.98 Å². The number of methoxy groups -OCH3 is 1. The summed E-state index contributed by atoms with van der Waals surface area (Å²) in [6, 6.07) is 11.3. The van der Waals surface area contributed by atoms with Gasteiger partial charge in [0.2, 0.25) is 5.89 Å². The van der Waals surface area contributed by atoms with E-state index in [4.69, 9.17) is 9.15 Å². The monoisotopic (exact) mass is 326 g/mol. The second-order valence-electron chi connectivity index (χ2n) is 5.30. The molecule has 1 atom stereocenters. The van der Waals surface area contributed by atoms with Gasteiger partial charge in [-0.2, -0.15) is 0 Å². The van der Waals surface area contributed by atoms with Crippen LogP contribution in [0, 0.1) is 10.1 Å². The highest BCUT2D eigenvalue weighted by Gasteiger charge is 2.18. The highest BCUT2D eigenvalue weighted by Crippen LogP contribution is 2.29. The number of hydrogen-bond donors (Lipinski definition) is 0. The summed E-state index contributed by atoms with van der Waals surface area (Å²) < 4.78 is 10.4. The number of benzene rings is 2. The minimum Gasteiger partial charge on any atom is -0.469 e. The summed E-state index contributed by atoms with van der Waals surface area (Å²) in [5.74, 6) is -0.467. The van der Waals surface area contributed by atoms with E-state index in [9.17, 15) is 14.9 Å². The van der Waals surface area contributed by atoms with Gasteiger partial charge in [-0.3, -0.25) is 14.9 Å². The SMILES string of the molecule is COC(=O)C(C)c1ccc2oc(-c3cccc([N+](=O)[O-])c3)nc2c1. The van der Waals surface area contributed by atoms with Crippen molar-refractivity contribution in [2.45, 2.75) is 12.8 Å². The van der Waals surface area contributed by atoms with Crippen molar-refractivity contribution in [1.29, 1.82) is 0 Å². The fraction of sp³-hybridized carbons (Fsp3) is 0.176. The van der Waals surface area contributed by atoms with Gasteiger partial charge in [-0.1, -0.05) is 12.1 Å². The van der Waals surface area contributed by atoms with Gasteiger partial charge < -0.3 is 9.15 Å². The molecule has 1 aromatic heterocycles. The molecule has 0 aliphatic rings. The molecule has 0 saturated carbocycles. The highest BCUT2D eigenvalue weighted by molar-refractivity contribution is 5.82. The molecule has 0 N–H and O–H groups in total. The van der Waals surface area contributed by atoms with Crippen LogP contribution < -0.4 is 0 Å². The second-order valence-corrected chi connectivity index (χ2v) is 5.30. The molecule has 3 rings (SSSR count). The highest BCUT2D eigenvalue weighted by atomic mass is 16.6. The molecule has 0 amide bonds. The Morgan fingerprint density at radius 2 is 2.08 bits per heavy atom. The predicted molar refractivity (Wildman–Crippen MR) is 86.5 cm³/mol. The first-order valence-electron chi connectivity index (χ1n) is 7.22. The van der Waals surface area contributed by atoms with Gasteiger partial charge in [0.15, 0.2) is 5.58 Å². The van der Waals surface area contributed by atoms with E-state index in [-0.39, 0.29) is 17.5 Å². The number of non-ortho nitro benzene ring substituents is 1. The van der Waals surface area contributed by atoms with Crippen LogP contribution in [0.1, 0.15) is 18.4 Å². The van der Waals surface area contributed by atoms with Crippen LogP contribution >= 0.6 is 0 Å². The van der Waals surface area contributed by atoms with E-state index in [1.165, 1.54) is 19.2 Å². The Bertz CT molecular complexity index is 932. The lowest BCUT2D eigenvalue weighted by Gasteiger charge is -2.08. The van der Waals surface area contributed by atoms with Crippen molar-refractivity contribution in [2.75, 3.05) is 7.11 Å². The molecule has 7 nitrogen and oxygen atoms in total. The number of carbonyl (C=O) groups is 1. The van der Waals surface area contributed by atoms with E-state index < -0.39 is 10.8 Å². The Kier molecular flexibility index (Phi) is 3.99. The van der Waals surface area contributed by atoms with Gasteiger partial charge in [0.05, 0.1) is 18.0 Å². The van der Waals surface area contributed by atoms with Crippen molar-refractivity contribution in [3.05, 3.63) is 58.1 Å². The van der Waals surface area contributed by atoms with Gasteiger partial charge in [0.25, 0.3) is 5.69 Å². The summed E-state index contributed by atoms with van der Waals surface area (Å²) in [6.45, 7) is 1.74. The average Bonchev–Trinajstić information content (AvgIpc) is 3.03. The van der Waals surface area contributed by atoms with Crippen LogP contribution in [0.4, 0.5) is 5.69 Å². The van der Waals surface area contributed by atoms with E-state index in [1.807, 2.05) is 0 Å². The molecule has 1 heterocycles. The number of nitro groups is 1. The number of nitro benzene ring substituents is 1. The summed E-state index contributed by atoms with van der Waals surface area (Å²) >= 11 is 0. The first-order valence-corrected chi connectivity index (χ1v) is 7.22. The van der Waals surface area contributed by atoms with Crippen molar-refractivity contribution in [2.24, 2.45) is 0 Å². The third-order valence-electron chi connectivity index (χ3n) is 3.77. The number of aromatic nitrogens is 1. The first-order chi connectivity index (χ1) is 11.5. The van der Waals surface area contributed by atoms with Gasteiger partial charge >= 0.3 is 5.97 Å². The normalized spacial score (nSPS) is 12.1. The summed E-state index contributed by atoms with van der Waals surface area (Å²) in [5, 5.41) is 10.9. The van der Waals surface area contributed by atoms with Crippen LogP contribution in [0.15, 0.2) is 46.9 Å². The van der Waals surface area contributed by atoms with Crippen molar-refractivity contribution >= 4 is 22.8 Å². The van der Waals surface area contributed by atoms with E-state index in [0.717, 1.165) is 5.56 Å². The molecule has 0 aliphatic heterocycles. The molecule has 0 saturated heterocycles. The van der Waals surface area contributed by atoms with Gasteiger partial charge in [0, 0.05) is 17.7 Å². The maximum atomic E-state index is 11.6. The van der Waals surface area contributed by atoms with Crippen molar-refractivity contribution in [3.63, 3.8) is 0 Å². The molecule has 122 valence electrons. The number of rotatable bonds is 4. The van der Waals surface area contributed by atoms with Crippen LogP contribution in [0.25, 0.3) is 22.6 Å². The zero-order valence-electron chi connectivity index (χ0n) is 13.1. The summed E-state index contributed by atoms with van der Waals surface area (Å²) in [5.41, 5.74) is 2.35. The van der Waals surface area contributed by atoms with Crippen LogP contribution in [0.2, 0.25) is 0 Å². The molecule has 3 aromatic rings. The second kappa shape index (κ2) is 6.11. The number of esters is 1. The largest absolute Gasteiger partial charge is 0.469 e. The quantitative estimate of drug-likeness (QED) is 0.412. The molecule has 0 spiro atoms. The first kappa shape index (κ1) is 15.7. The fourth-order valence-electron chi connectivity index (χ4n) is 2.40. The molecule has 0 aliphatic carbocycles. The summed E-state index contributed by atoms with van der Waals surface area (Å²) in [6.07, 6.45) is 0. The third kappa shape index (κ3) is 2.83. The number of nitrogens with zero attached hydrogens (tertiary/aromatic N) is 2. The van der Waals surface area contributed by atoms with Crippen LogP contribution in [0.5, 0.6) is 0 Å². The molecular formula is C17H14N2O5. The van der Waals surface area contributed by atoms with Crippen LogP contribution in [-0.2, 0) is 9.53 Å². The lowest BCUT2D eigenvalue weighted by Crippen LogP contribution is -2.10. The molecule has 24 heavy (non-hydrogen) atoms. The Morgan fingerprint density at radius 1 is 1.29 bits per heavy atom. The molecule has 7 heteroatoms. The molecule has 1 unspecified atom stereocenters. The zero-order valence-corrected chi connectivity index (χ0v) is 13.1. The van der Waals surface area contributed by atoms with Crippen molar-refractivity contribution < 1.29 is 18.9 Å². The smallest absolute Gasteiger partial charge is 0.312 e. The number of carbonyl (C=O) groups excluding carboxylic acids is 1. The minimum absolute atomic E-state index is 0.0326. The maximum Gasteiger partial charge on any atom is 0.312 e. The minimum atomic E-state index is -0.470. The van der Waals surface area contributed by atoms with Crippen molar-refractivity contribution in [3.8, 4) is 11.5 Å². The molecule has 0 fully saturated rings. The average molecular weight is 326 g/mol. The lowest BCUT2D eigenvalue weighted by molar-refractivity contribution is -0.384. The predicted octanol–water partition coefficient (Wildman–Crippen LogP) is 3.68. The Labute approximate surface area is 137 Å². The number of ether oxygens (including phenoxy) is 1. The number of oxazole rings is 1. The van der Waals surface area contributed by atoms with E-state index in [1.54, 1.807) is 37.3 Å². The Hall–Kier alpha value is -3.22. The third-order valence-corrected chi connectivity index (χ3v) is 3.77. The number of hydrogen-bond acceptors (Lipinski definition) is 6. The van der Waals surface area contributed by atoms with Crippen molar-refractivity contribution in [1.82, 2.24) is 4.98 Å². The topological polar surface area (TPSA) is 95.5 Å². The van der Waals surface area contributed by atoms with Gasteiger partial charge in [0.1, 0.15) is 5.52 Å². The zero-order chi connectivity index (χ0) is 17.3. The van der Waals surface area contributed by atoms with E-state index >= 15 is 0 Å². The Morgan fingerprint density at radius 3 is 2.79 bits per heavy atom. The molecule has 2 aromatic carbocycles. The standard InChI is InChI=1S/C17H14N2O5/c1-10(17(20)23-2)11-6-7-15-14(9-11)18-16(24-15)12-4-3-5-13(8-12)19(21)22/h3-10H,1-2H3. The van der Waals surface area contributed by atoms with Gasteiger partial charge in [-0.05, 0) is 30.7 Å². The fourth-order valence-corrected chi connectivity index (χ4v) is 2.40. The van der Waals surface area contributed by atoms with E-state index in [2.05, 4.69) is 4.98 Å². The Balaban J connectivity index is 2.01. The summed E-state index contributed by atoms with van der Waals surface area (Å²) in [4.78, 5) is 26.4. The molecule has 0 radical (unpaired) electrons. The molecule has 0 bridgehead atoms. The number of fused-ring (bicyclic) bond motifs is 1. The van der Waals surface area contributed by atoms with Gasteiger partial charge in [-0.15, -0.1) is 0 Å². The van der Waals surface area contributed by atoms with Crippen LogP contribution in [-0.4, -0.2) is 23.0 Å². The lowest BCUT2D eigenvalue weighted by atomic mass is 10.0.